The molecule has 1 aliphatic heterocycles. The van der Waals surface area contributed by atoms with Gasteiger partial charge in [-0.2, -0.15) is 0 Å². The molecule has 0 atom stereocenters. The number of hydrogen-bond donors (Lipinski definition) is 0. The second-order valence-corrected chi connectivity index (χ2v) is 5.00. The smallest absolute Gasteiger partial charge is 0.143 e. The summed E-state index contributed by atoms with van der Waals surface area (Å²) in [5, 5.41) is 0.661. The van der Waals surface area contributed by atoms with Gasteiger partial charge in [-0.15, -0.1) is 0 Å². The third kappa shape index (κ3) is 2.52. The molecule has 0 saturated heterocycles. The van der Waals surface area contributed by atoms with Crippen LogP contribution in [0.1, 0.15) is 13.3 Å². The van der Waals surface area contributed by atoms with Gasteiger partial charge >= 0.3 is 0 Å². The Balaban J connectivity index is 2.23. The average molecular weight is 288 g/mol. The van der Waals surface area contributed by atoms with Crippen LogP contribution in [0.2, 0.25) is 5.02 Å². The molecule has 0 fully saturated rings. The third-order valence-corrected chi connectivity index (χ3v) is 3.31. The number of rotatable bonds is 1. The second kappa shape index (κ2) is 4.54. The van der Waals surface area contributed by atoms with Crippen LogP contribution >= 0.6 is 27.5 Å². The van der Waals surface area contributed by atoms with Crippen molar-refractivity contribution in [3.8, 4) is 0 Å². The van der Waals surface area contributed by atoms with E-state index < -0.39 is 0 Å². The Morgan fingerprint density at radius 1 is 1.53 bits per heavy atom. The Labute approximate surface area is 103 Å². The summed E-state index contributed by atoms with van der Waals surface area (Å²) in [4.78, 5) is 6.59. The summed E-state index contributed by atoms with van der Waals surface area (Å²) in [6.45, 7) is 4.12. The van der Waals surface area contributed by atoms with Crippen LogP contribution in [0.25, 0.3) is 0 Å². The molecule has 0 bridgehead atoms. The van der Waals surface area contributed by atoms with E-state index in [9.17, 15) is 0 Å². The minimum atomic E-state index is 0.661. The summed E-state index contributed by atoms with van der Waals surface area (Å²) in [5.41, 5.74) is 1.45. The van der Waals surface area contributed by atoms with E-state index in [1.807, 2.05) is 6.07 Å². The average Bonchev–Trinajstić information content (AvgIpc) is 2.20. The molecule has 1 aromatic rings. The molecule has 15 heavy (non-hydrogen) atoms. The predicted molar refractivity (Wildman–Crippen MR) is 67.5 cm³/mol. The zero-order valence-electron chi connectivity index (χ0n) is 8.50. The number of pyridine rings is 1. The van der Waals surface area contributed by atoms with E-state index in [1.54, 1.807) is 6.20 Å². The Kier molecular flexibility index (Phi) is 3.32. The van der Waals surface area contributed by atoms with E-state index in [4.69, 9.17) is 11.6 Å². The van der Waals surface area contributed by atoms with Gasteiger partial charge in [-0.3, -0.25) is 0 Å². The third-order valence-electron chi connectivity index (χ3n) is 2.52. The normalized spacial score (nSPS) is 16.5. The molecule has 0 saturated carbocycles. The van der Waals surface area contributed by atoms with Crippen molar-refractivity contribution < 1.29 is 0 Å². The van der Waals surface area contributed by atoms with Crippen LogP contribution in [-0.4, -0.2) is 18.1 Å². The number of aromatic nitrogens is 1. The first-order chi connectivity index (χ1) is 7.16. The maximum atomic E-state index is 5.86. The molecule has 0 spiro atoms. The minimum Gasteiger partial charge on any atom is -0.352 e. The van der Waals surface area contributed by atoms with Gasteiger partial charge in [0.2, 0.25) is 0 Å². The van der Waals surface area contributed by atoms with Gasteiger partial charge in [-0.1, -0.05) is 23.3 Å². The quantitative estimate of drug-likeness (QED) is 0.733. The Bertz CT molecular complexity index is 404. The minimum absolute atomic E-state index is 0.661. The Morgan fingerprint density at radius 2 is 2.33 bits per heavy atom. The lowest BCUT2D eigenvalue weighted by Crippen LogP contribution is -2.29. The molecule has 1 aliphatic rings. The maximum absolute atomic E-state index is 5.86. The first-order valence-corrected chi connectivity index (χ1v) is 6.05. The van der Waals surface area contributed by atoms with Crippen molar-refractivity contribution >= 4 is 33.3 Å². The zero-order chi connectivity index (χ0) is 10.8. The molecule has 2 nitrogen and oxygen atoms in total. The number of halogens is 2. The first-order valence-electron chi connectivity index (χ1n) is 4.88. The molecule has 2 heterocycles. The summed E-state index contributed by atoms with van der Waals surface area (Å²) < 4.78 is 0.961. The van der Waals surface area contributed by atoms with Crippen LogP contribution in [0.15, 0.2) is 28.4 Å². The molecule has 1 aromatic heterocycles. The molecule has 0 aliphatic carbocycles. The van der Waals surface area contributed by atoms with Gasteiger partial charge in [0.05, 0.1) is 9.50 Å². The number of anilines is 1. The van der Waals surface area contributed by atoms with Crippen LogP contribution in [0.5, 0.6) is 0 Å². The number of hydrogen-bond acceptors (Lipinski definition) is 2. The summed E-state index contributed by atoms with van der Waals surface area (Å²) in [6.07, 6.45) is 5.04. The highest BCUT2D eigenvalue weighted by molar-refractivity contribution is 9.10. The van der Waals surface area contributed by atoms with E-state index in [0.717, 1.165) is 29.8 Å². The van der Waals surface area contributed by atoms with Crippen molar-refractivity contribution in [2.45, 2.75) is 13.3 Å². The highest BCUT2D eigenvalue weighted by Crippen LogP contribution is 2.28. The predicted octanol–water partition coefficient (Wildman–Crippen LogP) is 3.65. The van der Waals surface area contributed by atoms with Crippen LogP contribution in [0, 0.1) is 0 Å². The molecule has 0 amide bonds. The lowest BCUT2D eigenvalue weighted by atomic mass is 10.1. The van der Waals surface area contributed by atoms with E-state index in [-0.39, 0.29) is 0 Å². The Hall–Kier alpha value is -0.540. The maximum Gasteiger partial charge on any atom is 0.143 e. The van der Waals surface area contributed by atoms with E-state index in [1.165, 1.54) is 5.57 Å². The summed E-state index contributed by atoms with van der Waals surface area (Å²) in [7, 11) is 0. The molecule has 2 rings (SSSR count). The molecule has 80 valence electrons. The van der Waals surface area contributed by atoms with Crippen LogP contribution < -0.4 is 4.90 Å². The lowest BCUT2D eigenvalue weighted by Gasteiger charge is -2.27. The fourth-order valence-corrected chi connectivity index (χ4v) is 2.49. The van der Waals surface area contributed by atoms with E-state index in [0.29, 0.717) is 5.02 Å². The summed E-state index contributed by atoms with van der Waals surface area (Å²) >= 11 is 9.34. The van der Waals surface area contributed by atoms with Crippen molar-refractivity contribution in [1.29, 1.82) is 0 Å². The monoisotopic (exact) mass is 286 g/mol. The largest absolute Gasteiger partial charge is 0.352 e. The second-order valence-electron chi connectivity index (χ2n) is 3.71. The van der Waals surface area contributed by atoms with Crippen molar-refractivity contribution in [2.75, 3.05) is 18.0 Å². The molecule has 0 aromatic carbocycles. The van der Waals surface area contributed by atoms with Gasteiger partial charge in [-0.05, 0) is 35.3 Å². The summed E-state index contributed by atoms with van der Waals surface area (Å²) in [6, 6.07) is 1.88. The highest BCUT2D eigenvalue weighted by atomic mass is 79.9. The van der Waals surface area contributed by atoms with Crippen LogP contribution in [0.4, 0.5) is 5.82 Å². The molecule has 4 heteroatoms. The zero-order valence-corrected chi connectivity index (χ0v) is 10.8. The molecule has 0 unspecified atom stereocenters. The summed E-state index contributed by atoms with van der Waals surface area (Å²) in [5.74, 6) is 0.975. The Morgan fingerprint density at radius 3 is 2.93 bits per heavy atom. The van der Waals surface area contributed by atoms with Gasteiger partial charge < -0.3 is 4.90 Å². The first kappa shape index (κ1) is 11.0. The topological polar surface area (TPSA) is 16.1 Å². The standard InChI is InChI=1S/C11H12BrClN2/c1-8-2-4-15(5-3-8)11-10(12)6-9(13)7-14-11/h2,6-7H,3-5H2,1H3. The highest BCUT2D eigenvalue weighted by Gasteiger charge is 2.14. The molecular formula is C11H12BrClN2. The van der Waals surface area contributed by atoms with E-state index >= 15 is 0 Å². The molecule has 0 N–H and O–H groups in total. The lowest BCUT2D eigenvalue weighted by molar-refractivity contribution is 0.773. The number of nitrogens with zero attached hydrogens (tertiary/aromatic N) is 2. The van der Waals surface area contributed by atoms with Crippen molar-refractivity contribution in [3.05, 3.63) is 33.4 Å². The van der Waals surface area contributed by atoms with Gasteiger partial charge in [0.1, 0.15) is 5.82 Å². The SMILES string of the molecule is CC1=CCN(c2ncc(Cl)cc2Br)CC1. The van der Waals surface area contributed by atoms with Gasteiger partial charge in [-0.25, -0.2) is 4.98 Å². The van der Waals surface area contributed by atoms with Gasteiger partial charge in [0.25, 0.3) is 0 Å². The fourth-order valence-electron chi connectivity index (χ4n) is 1.60. The van der Waals surface area contributed by atoms with Crippen molar-refractivity contribution in [2.24, 2.45) is 0 Å². The van der Waals surface area contributed by atoms with Crippen LogP contribution in [-0.2, 0) is 0 Å². The van der Waals surface area contributed by atoms with Crippen molar-refractivity contribution in [3.63, 3.8) is 0 Å². The van der Waals surface area contributed by atoms with E-state index in [2.05, 4.69) is 38.8 Å². The molecular weight excluding hydrogens is 275 g/mol. The molecule has 0 radical (unpaired) electrons. The van der Waals surface area contributed by atoms with Gasteiger partial charge in [0.15, 0.2) is 0 Å². The van der Waals surface area contributed by atoms with Crippen LogP contribution in [0.3, 0.4) is 0 Å². The fraction of sp³-hybridized carbons (Fsp3) is 0.364. The van der Waals surface area contributed by atoms with Crippen molar-refractivity contribution in [1.82, 2.24) is 4.98 Å². The van der Waals surface area contributed by atoms with Gasteiger partial charge in [0, 0.05) is 19.3 Å².